The molecule has 3 N–H and O–H groups in total. The molecule has 1 aliphatic heterocycles. The van der Waals surface area contributed by atoms with Gasteiger partial charge in [-0.2, -0.15) is 13.6 Å². The number of nitrogens with one attached hydrogen (secondary N) is 1. The van der Waals surface area contributed by atoms with Crippen molar-refractivity contribution in [3.05, 3.63) is 38.3 Å². The molecule has 2 aromatic rings. The van der Waals surface area contributed by atoms with Gasteiger partial charge in [-0.25, -0.2) is 9.78 Å². The number of hydrogen-bond donors (Lipinski definition) is 2. The first-order valence-corrected chi connectivity index (χ1v) is 11.7. The summed E-state index contributed by atoms with van der Waals surface area (Å²) in [7, 11) is -4.50. The lowest BCUT2D eigenvalue weighted by molar-refractivity contribution is -0.121. The molecule has 1 aromatic carbocycles. The topological polar surface area (TPSA) is 160 Å². The van der Waals surface area contributed by atoms with Crippen LogP contribution in [0.2, 0.25) is 5.02 Å². The van der Waals surface area contributed by atoms with Gasteiger partial charge in [-0.05, 0) is 47.4 Å². The number of ether oxygens (including phenoxy) is 1. The van der Waals surface area contributed by atoms with Gasteiger partial charge in [-0.3, -0.25) is 14.2 Å². The van der Waals surface area contributed by atoms with Gasteiger partial charge in [-0.15, -0.1) is 0 Å². The minimum Gasteiger partial charge on any atom is -0.428 e. The third-order valence-corrected chi connectivity index (χ3v) is 6.18. The molecule has 0 saturated carbocycles. The van der Waals surface area contributed by atoms with Gasteiger partial charge >= 0.3 is 16.5 Å². The number of piperidine rings is 1. The van der Waals surface area contributed by atoms with Crippen LogP contribution in [0.4, 0.5) is 4.79 Å². The maximum absolute atomic E-state index is 12.7. The molecule has 1 aromatic heterocycles. The molecule has 14 heteroatoms. The summed E-state index contributed by atoms with van der Waals surface area (Å²) in [6.45, 7) is 0.328. The number of halogens is 2. The van der Waals surface area contributed by atoms with Crippen LogP contribution in [0.1, 0.15) is 19.3 Å². The SMILES string of the molecule is NS(=O)(=O)OC(=O)O[C@@H]1CCCN[C@H]1CC(=O)Cn1cnc2cc(Br)c(Cl)cc2c1=O. The Kier molecular flexibility index (Phi) is 7.31. The second-order valence-corrected chi connectivity index (χ2v) is 9.30. The van der Waals surface area contributed by atoms with Crippen molar-refractivity contribution in [2.24, 2.45) is 5.14 Å². The lowest BCUT2D eigenvalue weighted by Gasteiger charge is -2.31. The van der Waals surface area contributed by atoms with E-state index in [9.17, 15) is 22.8 Å². The summed E-state index contributed by atoms with van der Waals surface area (Å²) in [6, 6.07) is 2.50. The minimum atomic E-state index is -4.50. The van der Waals surface area contributed by atoms with E-state index < -0.39 is 34.2 Å². The van der Waals surface area contributed by atoms with E-state index in [4.69, 9.17) is 16.3 Å². The fraction of sp³-hybridized carbons (Fsp3) is 0.412. The van der Waals surface area contributed by atoms with Crippen molar-refractivity contribution in [3.63, 3.8) is 0 Å². The van der Waals surface area contributed by atoms with Gasteiger partial charge in [0, 0.05) is 10.9 Å². The first-order chi connectivity index (χ1) is 14.5. The fourth-order valence-electron chi connectivity index (χ4n) is 3.27. The maximum Gasteiger partial charge on any atom is 0.525 e. The van der Waals surface area contributed by atoms with E-state index >= 15 is 0 Å². The van der Waals surface area contributed by atoms with Gasteiger partial charge in [0.15, 0.2) is 5.78 Å². The number of carbonyl (C=O) groups excluding carboxylic acids is 2. The van der Waals surface area contributed by atoms with Crippen LogP contribution in [-0.4, -0.2) is 48.6 Å². The average Bonchev–Trinajstić information content (AvgIpc) is 2.66. The van der Waals surface area contributed by atoms with E-state index in [2.05, 4.69) is 35.6 Å². The lowest BCUT2D eigenvalue weighted by Crippen LogP contribution is -2.48. The highest BCUT2D eigenvalue weighted by Gasteiger charge is 2.31. The van der Waals surface area contributed by atoms with E-state index in [0.717, 1.165) is 0 Å². The normalized spacial score (nSPS) is 19.2. The van der Waals surface area contributed by atoms with Crippen LogP contribution in [-0.2, 0) is 30.6 Å². The zero-order valence-electron chi connectivity index (χ0n) is 15.9. The van der Waals surface area contributed by atoms with Crippen LogP contribution in [0.5, 0.6) is 0 Å². The highest BCUT2D eigenvalue weighted by molar-refractivity contribution is 9.10. The summed E-state index contributed by atoms with van der Waals surface area (Å²) in [5.74, 6) is -0.320. The van der Waals surface area contributed by atoms with Crippen LogP contribution in [0, 0.1) is 0 Å². The molecule has 168 valence electrons. The van der Waals surface area contributed by atoms with Gasteiger partial charge < -0.3 is 14.2 Å². The van der Waals surface area contributed by atoms with Crippen LogP contribution in [0.15, 0.2) is 27.7 Å². The predicted molar refractivity (Wildman–Crippen MR) is 114 cm³/mol. The molecule has 31 heavy (non-hydrogen) atoms. The second-order valence-electron chi connectivity index (χ2n) is 6.89. The van der Waals surface area contributed by atoms with Gasteiger partial charge in [-0.1, -0.05) is 11.6 Å². The Morgan fingerprint density at radius 3 is 2.84 bits per heavy atom. The van der Waals surface area contributed by atoms with E-state index in [-0.39, 0.29) is 24.1 Å². The summed E-state index contributed by atoms with van der Waals surface area (Å²) >= 11 is 9.32. The third-order valence-electron chi connectivity index (χ3n) is 4.61. The number of carbonyl (C=O) groups is 2. The summed E-state index contributed by atoms with van der Waals surface area (Å²) < 4.78 is 32.4. The Bertz CT molecular complexity index is 1190. The number of nitrogens with two attached hydrogens (primary N) is 1. The fourth-order valence-corrected chi connectivity index (χ4v) is 4.00. The largest absolute Gasteiger partial charge is 0.525 e. The molecule has 0 aliphatic carbocycles. The van der Waals surface area contributed by atoms with Crippen molar-refractivity contribution < 1.29 is 26.9 Å². The van der Waals surface area contributed by atoms with Gasteiger partial charge in [0.1, 0.15) is 6.10 Å². The molecular weight excluding hydrogens is 520 g/mol. The van der Waals surface area contributed by atoms with Crippen LogP contribution in [0.3, 0.4) is 0 Å². The van der Waals surface area contributed by atoms with Crippen molar-refractivity contribution in [2.45, 2.75) is 38.0 Å². The van der Waals surface area contributed by atoms with Crippen LogP contribution in [0.25, 0.3) is 10.9 Å². The number of aromatic nitrogens is 2. The van der Waals surface area contributed by atoms with Gasteiger partial charge in [0.05, 0.1) is 34.8 Å². The number of nitrogens with zero attached hydrogens (tertiary/aromatic N) is 2. The van der Waals surface area contributed by atoms with Gasteiger partial charge in [0.2, 0.25) is 0 Å². The molecule has 2 heterocycles. The highest BCUT2D eigenvalue weighted by Crippen LogP contribution is 2.25. The molecule has 1 saturated heterocycles. The second kappa shape index (κ2) is 9.61. The van der Waals surface area contributed by atoms with E-state index in [0.29, 0.717) is 34.4 Å². The highest BCUT2D eigenvalue weighted by atomic mass is 79.9. The minimum absolute atomic E-state index is 0.0705. The van der Waals surface area contributed by atoms with E-state index in [1.54, 1.807) is 6.07 Å². The van der Waals surface area contributed by atoms with E-state index in [1.807, 2.05) is 0 Å². The zero-order chi connectivity index (χ0) is 22.8. The number of rotatable bonds is 6. The molecular formula is C17H18BrClN4O7S. The van der Waals surface area contributed by atoms with Crippen LogP contribution < -0.4 is 16.0 Å². The molecule has 0 radical (unpaired) electrons. The monoisotopic (exact) mass is 536 g/mol. The zero-order valence-corrected chi connectivity index (χ0v) is 19.1. The Hall–Kier alpha value is -2.06. The molecule has 3 rings (SSSR count). The van der Waals surface area contributed by atoms with Gasteiger partial charge in [0.25, 0.3) is 5.56 Å². The molecule has 1 aliphatic rings. The number of hydrogen-bond acceptors (Lipinski definition) is 9. The lowest BCUT2D eigenvalue weighted by atomic mass is 9.96. The standard InChI is InChI=1S/C17H18BrClN4O7S/c18-11-6-13-10(5-12(11)19)16(25)23(8-22-13)7-9(24)4-14-15(2-1-3-21-14)29-17(26)30-31(20,27)28/h5-6,8,14-15,21H,1-4,7H2,(H2,20,27,28)/t14-,15+/m0/s1. The molecule has 0 amide bonds. The van der Waals surface area contributed by atoms with Crippen molar-refractivity contribution in [3.8, 4) is 0 Å². The Labute approximate surface area is 190 Å². The van der Waals surface area contributed by atoms with Crippen LogP contribution >= 0.6 is 27.5 Å². The summed E-state index contributed by atoms with van der Waals surface area (Å²) in [5.41, 5.74) is 0.00892. The maximum atomic E-state index is 12.7. The van der Waals surface area contributed by atoms with Crippen molar-refractivity contribution >= 4 is 60.7 Å². The average molecular weight is 538 g/mol. The number of ketones is 1. The molecule has 11 nitrogen and oxygen atoms in total. The molecule has 1 fully saturated rings. The molecule has 0 spiro atoms. The Balaban J connectivity index is 1.70. The first-order valence-electron chi connectivity index (χ1n) is 9.05. The quantitative estimate of drug-likeness (QED) is 0.517. The van der Waals surface area contributed by atoms with E-state index in [1.165, 1.54) is 17.0 Å². The Morgan fingerprint density at radius 2 is 2.13 bits per heavy atom. The predicted octanol–water partition coefficient (Wildman–Crippen LogP) is 1.25. The molecule has 0 unspecified atom stereocenters. The summed E-state index contributed by atoms with van der Waals surface area (Å²) in [6.07, 6.45) is -0.0213. The number of fused-ring (bicyclic) bond motifs is 1. The van der Waals surface area contributed by atoms with Crippen molar-refractivity contribution in [1.29, 1.82) is 0 Å². The number of Topliss-reactive ketones (excluding diaryl/α,β-unsaturated/α-hetero) is 1. The summed E-state index contributed by atoms with van der Waals surface area (Å²) in [5, 5.41) is 8.31. The third kappa shape index (κ3) is 6.23. The molecule has 2 atom stereocenters. The first kappa shape index (κ1) is 23.6. The van der Waals surface area contributed by atoms with Crippen molar-refractivity contribution in [2.75, 3.05) is 6.54 Å². The number of benzene rings is 1. The van der Waals surface area contributed by atoms with Crippen molar-refractivity contribution in [1.82, 2.24) is 14.9 Å². The smallest absolute Gasteiger partial charge is 0.428 e. The summed E-state index contributed by atoms with van der Waals surface area (Å²) in [4.78, 5) is 41.1. The molecule has 0 bridgehead atoms. The Morgan fingerprint density at radius 1 is 1.39 bits per heavy atom.